The van der Waals surface area contributed by atoms with Crippen molar-refractivity contribution in [2.75, 3.05) is 19.0 Å². The van der Waals surface area contributed by atoms with E-state index in [1.54, 1.807) is 7.11 Å². The molecule has 0 radical (unpaired) electrons. The second kappa shape index (κ2) is 8.99. The number of aliphatic hydroxyl groups excluding tert-OH is 1. The van der Waals surface area contributed by atoms with E-state index in [1.807, 2.05) is 38.1 Å². The fourth-order valence-corrected chi connectivity index (χ4v) is 3.89. The molecule has 0 fully saturated rings. The van der Waals surface area contributed by atoms with Gasteiger partial charge in [-0.05, 0) is 36.6 Å². The summed E-state index contributed by atoms with van der Waals surface area (Å²) in [6.07, 6.45) is 1.54. The van der Waals surface area contributed by atoms with Gasteiger partial charge in [0.25, 0.3) is 5.91 Å². The molecule has 0 aliphatic rings. The molecule has 2 aromatic heterocycles. The first kappa shape index (κ1) is 20.0. The molecule has 2 heterocycles. The molecule has 1 unspecified atom stereocenters. The Morgan fingerprint density at radius 3 is 2.93 bits per heavy atom. The molecule has 0 aliphatic carbocycles. The lowest BCUT2D eigenvalue weighted by molar-refractivity contribution is 0.0917. The van der Waals surface area contributed by atoms with E-state index in [0.717, 1.165) is 27.1 Å². The first-order valence-electron chi connectivity index (χ1n) is 9.10. The number of carbonyl (C=O) groups excluding carboxylic acids is 1. The number of nitrogens with zero attached hydrogens (tertiary/aromatic N) is 2. The Bertz CT molecular complexity index is 973. The van der Waals surface area contributed by atoms with Crippen molar-refractivity contribution in [3.8, 4) is 5.75 Å². The number of fused-ring (bicyclic) bond motifs is 1. The van der Waals surface area contributed by atoms with Crippen LogP contribution < -0.4 is 15.4 Å². The molecule has 8 heteroatoms. The zero-order valence-corrected chi connectivity index (χ0v) is 17.0. The molecule has 1 aromatic carbocycles. The number of anilines is 1. The van der Waals surface area contributed by atoms with Gasteiger partial charge in [0.1, 0.15) is 22.7 Å². The van der Waals surface area contributed by atoms with Crippen LogP contribution in [-0.2, 0) is 6.54 Å². The number of aliphatic hydroxyl groups is 1. The van der Waals surface area contributed by atoms with Gasteiger partial charge in [-0.2, -0.15) is 0 Å². The van der Waals surface area contributed by atoms with Gasteiger partial charge in [-0.3, -0.25) is 4.79 Å². The van der Waals surface area contributed by atoms with Crippen LogP contribution in [0.25, 0.3) is 10.2 Å². The first-order chi connectivity index (χ1) is 13.5. The molecule has 148 valence electrons. The Morgan fingerprint density at radius 1 is 1.36 bits per heavy atom. The van der Waals surface area contributed by atoms with Gasteiger partial charge in [0.05, 0.1) is 23.5 Å². The molecule has 3 aromatic rings. The van der Waals surface area contributed by atoms with Crippen LogP contribution in [0.4, 0.5) is 5.82 Å². The van der Waals surface area contributed by atoms with Gasteiger partial charge in [-0.1, -0.05) is 19.1 Å². The van der Waals surface area contributed by atoms with Crippen LogP contribution in [0.1, 0.15) is 34.1 Å². The largest absolute Gasteiger partial charge is 0.497 e. The molecule has 3 rings (SSSR count). The number of thiophene rings is 1. The number of ether oxygens (including phenoxy) is 1. The number of hydrogen-bond acceptors (Lipinski definition) is 7. The Labute approximate surface area is 167 Å². The van der Waals surface area contributed by atoms with Gasteiger partial charge < -0.3 is 20.5 Å². The van der Waals surface area contributed by atoms with E-state index in [0.29, 0.717) is 23.7 Å². The first-order valence-corrected chi connectivity index (χ1v) is 9.92. The highest BCUT2D eigenvalue weighted by molar-refractivity contribution is 7.20. The second-order valence-corrected chi connectivity index (χ2v) is 7.43. The normalized spacial score (nSPS) is 12.0. The molecule has 0 saturated heterocycles. The highest BCUT2D eigenvalue weighted by Crippen LogP contribution is 2.33. The smallest absolute Gasteiger partial charge is 0.261 e. The van der Waals surface area contributed by atoms with Crippen LogP contribution in [0.3, 0.4) is 0 Å². The van der Waals surface area contributed by atoms with Gasteiger partial charge in [0.2, 0.25) is 0 Å². The fourth-order valence-electron chi connectivity index (χ4n) is 2.83. The second-order valence-electron chi connectivity index (χ2n) is 6.44. The lowest BCUT2D eigenvalue weighted by Crippen LogP contribution is -2.31. The molecule has 3 N–H and O–H groups in total. The van der Waals surface area contributed by atoms with Gasteiger partial charge in [-0.25, -0.2) is 9.97 Å². The maximum absolute atomic E-state index is 12.5. The summed E-state index contributed by atoms with van der Waals surface area (Å²) < 4.78 is 5.26. The summed E-state index contributed by atoms with van der Waals surface area (Å²) in [6, 6.07) is 7.81. The van der Waals surface area contributed by atoms with Crippen molar-refractivity contribution in [3.05, 3.63) is 46.6 Å². The summed E-state index contributed by atoms with van der Waals surface area (Å²) in [5, 5.41) is 16.6. The van der Waals surface area contributed by atoms with E-state index in [2.05, 4.69) is 20.6 Å². The molecule has 0 bridgehead atoms. The minimum atomic E-state index is -0.543. The molecule has 28 heavy (non-hydrogen) atoms. The molecule has 0 spiro atoms. The average Bonchev–Trinajstić information content (AvgIpc) is 3.07. The van der Waals surface area contributed by atoms with Crippen LogP contribution in [-0.4, -0.2) is 40.7 Å². The highest BCUT2D eigenvalue weighted by Gasteiger charge is 2.19. The number of aromatic nitrogens is 2. The summed E-state index contributed by atoms with van der Waals surface area (Å²) in [7, 11) is 1.64. The van der Waals surface area contributed by atoms with Crippen LogP contribution in [0.5, 0.6) is 5.75 Å². The van der Waals surface area contributed by atoms with Crippen molar-refractivity contribution in [1.82, 2.24) is 15.3 Å². The number of benzene rings is 1. The molecule has 1 amide bonds. The van der Waals surface area contributed by atoms with Gasteiger partial charge >= 0.3 is 0 Å². The number of hydrogen-bond donors (Lipinski definition) is 3. The van der Waals surface area contributed by atoms with E-state index in [4.69, 9.17) is 4.74 Å². The summed E-state index contributed by atoms with van der Waals surface area (Å²) in [4.78, 5) is 22.5. The maximum atomic E-state index is 12.5. The summed E-state index contributed by atoms with van der Waals surface area (Å²) in [5.41, 5.74) is 1.89. The van der Waals surface area contributed by atoms with Crippen LogP contribution >= 0.6 is 11.3 Å². The van der Waals surface area contributed by atoms with E-state index in [9.17, 15) is 9.90 Å². The Morgan fingerprint density at radius 2 is 2.18 bits per heavy atom. The number of carbonyl (C=O) groups is 1. The standard InChI is InChI=1S/C20H24N4O3S/c1-4-14(25)10-22-19(26)17-12(2)16-18(23-11-24-20(16)28-17)21-9-13-6-5-7-15(8-13)27-3/h5-8,11,14,25H,4,9-10H2,1-3H3,(H,22,26)(H,21,23,24). The molecular formula is C20H24N4O3S. The van der Waals surface area contributed by atoms with E-state index < -0.39 is 6.10 Å². The van der Waals surface area contributed by atoms with Crippen molar-refractivity contribution >= 4 is 33.3 Å². The summed E-state index contributed by atoms with van der Waals surface area (Å²) in [5.74, 6) is 1.29. The predicted octanol–water partition coefficient (Wildman–Crippen LogP) is 3.12. The summed E-state index contributed by atoms with van der Waals surface area (Å²) in [6.45, 7) is 4.57. The number of rotatable bonds is 8. The third-order valence-corrected chi connectivity index (χ3v) is 5.70. The molecule has 0 aliphatic heterocycles. The third kappa shape index (κ3) is 4.40. The Hall–Kier alpha value is -2.71. The van der Waals surface area contributed by atoms with E-state index >= 15 is 0 Å². The minimum absolute atomic E-state index is 0.202. The topological polar surface area (TPSA) is 96.4 Å². The van der Waals surface area contributed by atoms with E-state index in [1.165, 1.54) is 17.7 Å². The van der Waals surface area contributed by atoms with Crippen molar-refractivity contribution in [2.24, 2.45) is 0 Å². The number of methoxy groups -OCH3 is 1. The molecular weight excluding hydrogens is 376 g/mol. The van der Waals surface area contributed by atoms with Crippen molar-refractivity contribution in [1.29, 1.82) is 0 Å². The van der Waals surface area contributed by atoms with Crippen molar-refractivity contribution in [3.63, 3.8) is 0 Å². The number of nitrogens with one attached hydrogen (secondary N) is 2. The summed E-state index contributed by atoms with van der Waals surface area (Å²) >= 11 is 1.33. The van der Waals surface area contributed by atoms with Crippen LogP contribution in [0.2, 0.25) is 0 Å². The average molecular weight is 401 g/mol. The third-order valence-electron chi connectivity index (χ3n) is 4.50. The predicted molar refractivity (Wildman–Crippen MR) is 111 cm³/mol. The molecule has 7 nitrogen and oxygen atoms in total. The van der Waals surface area contributed by atoms with Gasteiger partial charge in [-0.15, -0.1) is 11.3 Å². The quantitative estimate of drug-likeness (QED) is 0.538. The lowest BCUT2D eigenvalue weighted by Gasteiger charge is -2.09. The lowest BCUT2D eigenvalue weighted by atomic mass is 10.1. The zero-order valence-electron chi connectivity index (χ0n) is 16.2. The molecule has 0 saturated carbocycles. The van der Waals surface area contributed by atoms with Crippen molar-refractivity contribution < 1.29 is 14.6 Å². The van der Waals surface area contributed by atoms with Gasteiger partial charge in [0.15, 0.2) is 0 Å². The van der Waals surface area contributed by atoms with Crippen molar-refractivity contribution in [2.45, 2.75) is 32.9 Å². The van der Waals surface area contributed by atoms with Crippen LogP contribution in [0.15, 0.2) is 30.6 Å². The maximum Gasteiger partial charge on any atom is 0.261 e. The van der Waals surface area contributed by atoms with Crippen LogP contribution in [0, 0.1) is 6.92 Å². The number of amides is 1. The monoisotopic (exact) mass is 400 g/mol. The Balaban J connectivity index is 1.82. The zero-order chi connectivity index (χ0) is 20.1. The minimum Gasteiger partial charge on any atom is -0.497 e. The molecule has 1 atom stereocenters. The SMILES string of the molecule is CCC(O)CNC(=O)c1sc2ncnc(NCc3cccc(OC)c3)c2c1C. The fraction of sp³-hybridized carbons (Fsp3) is 0.350. The Kier molecular flexibility index (Phi) is 6.43. The number of aryl methyl sites for hydroxylation is 1. The van der Waals surface area contributed by atoms with E-state index in [-0.39, 0.29) is 12.5 Å². The highest BCUT2D eigenvalue weighted by atomic mass is 32.1. The van der Waals surface area contributed by atoms with Gasteiger partial charge in [0, 0.05) is 13.1 Å².